The Balaban J connectivity index is 1.47. The molecule has 1 N–H and O–H groups in total. The first kappa shape index (κ1) is 22.1. The summed E-state index contributed by atoms with van der Waals surface area (Å²) >= 11 is 1.46. The molecule has 1 aliphatic rings. The van der Waals surface area contributed by atoms with E-state index in [1.165, 1.54) is 29.9 Å². The Morgan fingerprint density at radius 2 is 1.88 bits per heavy atom. The fraction of sp³-hybridized carbons (Fsp3) is 0.333. The van der Waals surface area contributed by atoms with Gasteiger partial charge in [0, 0.05) is 24.0 Å². The lowest BCUT2D eigenvalue weighted by atomic mass is 10.1. The molecule has 168 valence electrons. The Bertz CT molecular complexity index is 1100. The summed E-state index contributed by atoms with van der Waals surface area (Å²) in [6.45, 7) is 1.82. The number of hydrogen-bond acceptors (Lipinski definition) is 6. The van der Waals surface area contributed by atoms with E-state index < -0.39 is 0 Å². The fourth-order valence-electron chi connectivity index (χ4n) is 3.87. The lowest BCUT2D eigenvalue weighted by Gasteiger charge is -2.30. The van der Waals surface area contributed by atoms with E-state index in [2.05, 4.69) is 15.2 Å². The number of aromatic nitrogens is 1. The van der Waals surface area contributed by atoms with Crippen LogP contribution < -0.4 is 19.7 Å². The Morgan fingerprint density at radius 1 is 1.09 bits per heavy atom. The molecule has 0 atom stereocenters. The third kappa shape index (κ3) is 5.02. The summed E-state index contributed by atoms with van der Waals surface area (Å²) in [5, 5.41) is 5.54. The molecule has 0 saturated carbocycles. The maximum Gasteiger partial charge on any atom is 0.230 e. The average molecular weight is 456 g/mol. The van der Waals surface area contributed by atoms with Crippen molar-refractivity contribution in [3.63, 3.8) is 0 Å². The molecule has 1 aliphatic heterocycles. The van der Waals surface area contributed by atoms with Crippen LogP contribution in [0.5, 0.6) is 11.5 Å². The van der Waals surface area contributed by atoms with E-state index in [9.17, 15) is 9.18 Å². The molecule has 32 heavy (non-hydrogen) atoms. The van der Waals surface area contributed by atoms with E-state index in [0.29, 0.717) is 22.9 Å². The van der Waals surface area contributed by atoms with E-state index in [4.69, 9.17) is 9.47 Å². The molecule has 1 fully saturated rings. The largest absolute Gasteiger partial charge is 0.493 e. The van der Waals surface area contributed by atoms with E-state index in [0.717, 1.165) is 42.2 Å². The minimum Gasteiger partial charge on any atom is -0.493 e. The predicted octanol–water partition coefficient (Wildman–Crippen LogP) is 5.14. The molecule has 0 spiro atoms. The van der Waals surface area contributed by atoms with Crippen LogP contribution in [0.3, 0.4) is 0 Å². The molecule has 1 saturated heterocycles. The molecule has 0 unspecified atom stereocenters. The molecule has 6 nitrogen and oxygen atoms in total. The first-order valence-corrected chi connectivity index (χ1v) is 11.5. The van der Waals surface area contributed by atoms with Crippen molar-refractivity contribution < 1.29 is 18.7 Å². The van der Waals surface area contributed by atoms with Gasteiger partial charge in [0.1, 0.15) is 10.8 Å². The standard InChI is InChI=1S/C24H26FN3O3S/c1-30-21-9-6-16(12-22(21)31-2)24-26-18(15-32-24)14-23(29)27-19-13-17(25)7-8-20(19)28-10-4-3-5-11-28/h6-9,12-13,15H,3-5,10-11,14H2,1-2H3,(H,27,29). The second kappa shape index (κ2) is 9.99. The van der Waals surface area contributed by atoms with Crippen LogP contribution in [0, 0.1) is 5.82 Å². The number of amides is 1. The highest BCUT2D eigenvalue weighted by Crippen LogP contribution is 2.34. The van der Waals surface area contributed by atoms with E-state index in [1.54, 1.807) is 20.3 Å². The van der Waals surface area contributed by atoms with Crippen LogP contribution >= 0.6 is 11.3 Å². The third-order valence-corrected chi connectivity index (χ3v) is 6.39. The number of methoxy groups -OCH3 is 2. The summed E-state index contributed by atoms with van der Waals surface area (Å²) in [5.74, 6) is 0.673. The number of nitrogens with zero attached hydrogens (tertiary/aromatic N) is 2. The number of piperidine rings is 1. The second-order valence-corrected chi connectivity index (χ2v) is 8.51. The fourth-order valence-corrected chi connectivity index (χ4v) is 4.68. The maximum atomic E-state index is 13.9. The summed E-state index contributed by atoms with van der Waals surface area (Å²) in [4.78, 5) is 19.5. The number of carbonyl (C=O) groups is 1. The molecule has 2 heterocycles. The molecular weight excluding hydrogens is 429 g/mol. The van der Waals surface area contributed by atoms with Crippen molar-refractivity contribution in [3.05, 3.63) is 53.3 Å². The summed E-state index contributed by atoms with van der Waals surface area (Å²) < 4.78 is 24.5. The quantitative estimate of drug-likeness (QED) is 0.535. The lowest BCUT2D eigenvalue weighted by molar-refractivity contribution is -0.115. The van der Waals surface area contributed by atoms with Crippen LogP contribution in [0.15, 0.2) is 41.8 Å². The summed E-state index contributed by atoms with van der Waals surface area (Å²) in [7, 11) is 3.18. The van der Waals surface area contributed by atoms with Gasteiger partial charge in [-0.05, 0) is 55.7 Å². The Hall–Kier alpha value is -3.13. The zero-order chi connectivity index (χ0) is 22.5. The van der Waals surface area contributed by atoms with Gasteiger partial charge in [0.05, 0.1) is 37.7 Å². The summed E-state index contributed by atoms with van der Waals surface area (Å²) in [6, 6.07) is 10.2. The van der Waals surface area contributed by atoms with Gasteiger partial charge in [0.25, 0.3) is 0 Å². The number of thiazole rings is 1. The molecule has 8 heteroatoms. The highest BCUT2D eigenvalue weighted by atomic mass is 32.1. The number of rotatable bonds is 7. The number of halogens is 1. The van der Waals surface area contributed by atoms with E-state index in [-0.39, 0.29) is 18.1 Å². The van der Waals surface area contributed by atoms with Gasteiger partial charge < -0.3 is 19.7 Å². The Labute approximate surface area is 191 Å². The number of carbonyl (C=O) groups excluding carboxylic acids is 1. The summed E-state index contributed by atoms with van der Waals surface area (Å²) in [5.41, 5.74) is 2.92. The smallest absolute Gasteiger partial charge is 0.230 e. The van der Waals surface area contributed by atoms with Gasteiger partial charge in [0.15, 0.2) is 11.5 Å². The molecule has 3 aromatic rings. The van der Waals surface area contributed by atoms with Gasteiger partial charge in [-0.2, -0.15) is 0 Å². The van der Waals surface area contributed by atoms with Gasteiger partial charge in [0.2, 0.25) is 5.91 Å². The van der Waals surface area contributed by atoms with Crippen molar-refractivity contribution in [1.82, 2.24) is 4.98 Å². The predicted molar refractivity (Wildman–Crippen MR) is 125 cm³/mol. The van der Waals surface area contributed by atoms with Crippen LogP contribution in [0.2, 0.25) is 0 Å². The van der Waals surface area contributed by atoms with E-state index in [1.807, 2.05) is 23.6 Å². The van der Waals surface area contributed by atoms with Gasteiger partial charge in [-0.1, -0.05) is 0 Å². The van der Waals surface area contributed by atoms with Gasteiger partial charge >= 0.3 is 0 Å². The molecule has 4 rings (SSSR count). The lowest BCUT2D eigenvalue weighted by Crippen LogP contribution is -2.30. The van der Waals surface area contributed by atoms with Crippen molar-refractivity contribution in [2.75, 3.05) is 37.5 Å². The molecule has 0 radical (unpaired) electrons. The minimum absolute atomic E-state index is 0.111. The Morgan fingerprint density at radius 3 is 2.62 bits per heavy atom. The molecule has 1 amide bonds. The number of hydrogen-bond donors (Lipinski definition) is 1. The first-order valence-electron chi connectivity index (χ1n) is 10.6. The van der Waals surface area contributed by atoms with Crippen molar-refractivity contribution in [3.8, 4) is 22.1 Å². The average Bonchev–Trinajstić information content (AvgIpc) is 3.27. The second-order valence-electron chi connectivity index (χ2n) is 7.65. The topological polar surface area (TPSA) is 63.7 Å². The maximum absolute atomic E-state index is 13.9. The van der Waals surface area contributed by atoms with Crippen molar-refractivity contribution >= 4 is 28.6 Å². The normalized spacial score (nSPS) is 13.7. The number of benzene rings is 2. The van der Waals surface area contributed by atoms with Crippen LogP contribution in [-0.2, 0) is 11.2 Å². The highest BCUT2D eigenvalue weighted by Gasteiger charge is 2.18. The minimum atomic E-state index is -0.370. The third-order valence-electron chi connectivity index (χ3n) is 5.45. The highest BCUT2D eigenvalue weighted by molar-refractivity contribution is 7.13. The van der Waals surface area contributed by atoms with Crippen LogP contribution in [-0.4, -0.2) is 38.2 Å². The van der Waals surface area contributed by atoms with Crippen molar-refractivity contribution in [2.45, 2.75) is 25.7 Å². The molecule has 2 aromatic carbocycles. The Kier molecular flexibility index (Phi) is 6.90. The zero-order valence-electron chi connectivity index (χ0n) is 18.2. The SMILES string of the molecule is COc1ccc(-c2nc(CC(=O)Nc3cc(F)ccc3N3CCCCC3)cs2)cc1OC. The number of nitrogens with one attached hydrogen (secondary N) is 1. The van der Waals surface area contributed by atoms with Gasteiger partial charge in [-0.25, -0.2) is 9.37 Å². The molecular formula is C24H26FN3O3S. The van der Waals surface area contributed by atoms with Crippen LogP contribution in [0.4, 0.5) is 15.8 Å². The van der Waals surface area contributed by atoms with Crippen molar-refractivity contribution in [2.24, 2.45) is 0 Å². The number of anilines is 2. The first-order chi connectivity index (χ1) is 15.6. The van der Waals surface area contributed by atoms with E-state index >= 15 is 0 Å². The van der Waals surface area contributed by atoms with Gasteiger partial charge in [-0.15, -0.1) is 11.3 Å². The molecule has 0 bridgehead atoms. The van der Waals surface area contributed by atoms with Crippen molar-refractivity contribution in [1.29, 1.82) is 0 Å². The number of ether oxygens (including phenoxy) is 2. The summed E-state index contributed by atoms with van der Waals surface area (Å²) in [6.07, 6.45) is 3.51. The van der Waals surface area contributed by atoms with Crippen LogP contribution in [0.25, 0.3) is 10.6 Å². The molecule has 1 aromatic heterocycles. The van der Waals surface area contributed by atoms with Gasteiger partial charge in [-0.3, -0.25) is 4.79 Å². The monoisotopic (exact) mass is 455 g/mol. The molecule has 0 aliphatic carbocycles. The van der Waals surface area contributed by atoms with Crippen LogP contribution in [0.1, 0.15) is 25.0 Å². The zero-order valence-corrected chi connectivity index (χ0v) is 19.0.